The third kappa shape index (κ3) is 5.18. The molecule has 0 spiro atoms. The third-order valence-corrected chi connectivity index (χ3v) is 3.21. The summed E-state index contributed by atoms with van der Waals surface area (Å²) < 4.78 is 40.4. The molecule has 1 aromatic rings. The van der Waals surface area contributed by atoms with Crippen LogP contribution in [0.5, 0.6) is 0 Å². The standard InChI is InChI=1S/C9H9BrClF3N2O/c1-5-7(10)8(11)16-6(15-5)2-3-17-4-9(12,13)14/h2-4H2,1H3. The van der Waals surface area contributed by atoms with Crippen molar-refractivity contribution in [3.8, 4) is 0 Å². The molecule has 0 N–H and O–H groups in total. The van der Waals surface area contributed by atoms with E-state index >= 15 is 0 Å². The predicted molar refractivity (Wildman–Crippen MR) is 60.1 cm³/mol. The number of hydrogen-bond donors (Lipinski definition) is 0. The van der Waals surface area contributed by atoms with Crippen molar-refractivity contribution in [2.24, 2.45) is 0 Å². The van der Waals surface area contributed by atoms with Gasteiger partial charge in [0.25, 0.3) is 0 Å². The first-order valence-corrected chi connectivity index (χ1v) is 5.79. The van der Waals surface area contributed by atoms with Gasteiger partial charge in [0, 0.05) is 6.42 Å². The van der Waals surface area contributed by atoms with Crippen LogP contribution in [0.3, 0.4) is 0 Å². The summed E-state index contributed by atoms with van der Waals surface area (Å²) in [5.41, 5.74) is 0.635. The molecule has 17 heavy (non-hydrogen) atoms. The highest BCUT2D eigenvalue weighted by Crippen LogP contribution is 2.22. The van der Waals surface area contributed by atoms with E-state index in [1.54, 1.807) is 6.92 Å². The highest BCUT2D eigenvalue weighted by atomic mass is 79.9. The van der Waals surface area contributed by atoms with E-state index in [4.69, 9.17) is 11.6 Å². The van der Waals surface area contributed by atoms with E-state index < -0.39 is 12.8 Å². The predicted octanol–water partition coefficient (Wildman–Crippen LogP) is 3.32. The lowest BCUT2D eigenvalue weighted by Crippen LogP contribution is -2.18. The maximum absolute atomic E-state index is 11.8. The number of rotatable bonds is 4. The molecule has 96 valence electrons. The van der Waals surface area contributed by atoms with Gasteiger partial charge in [0.2, 0.25) is 0 Å². The summed E-state index contributed by atoms with van der Waals surface area (Å²) >= 11 is 8.97. The Labute approximate surface area is 109 Å². The van der Waals surface area contributed by atoms with E-state index in [0.29, 0.717) is 16.0 Å². The van der Waals surface area contributed by atoms with E-state index in [1.807, 2.05) is 0 Å². The Morgan fingerprint density at radius 3 is 2.53 bits per heavy atom. The molecule has 0 bridgehead atoms. The lowest BCUT2D eigenvalue weighted by Gasteiger charge is -2.08. The molecule has 0 amide bonds. The van der Waals surface area contributed by atoms with Crippen molar-refractivity contribution in [1.29, 1.82) is 0 Å². The summed E-state index contributed by atoms with van der Waals surface area (Å²) in [4.78, 5) is 7.98. The third-order valence-electron chi connectivity index (χ3n) is 1.76. The fourth-order valence-electron chi connectivity index (χ4n) is 1.04. The molecule has 8 heteroatoms. The molecule has 1 rings (SSSR count). The number of aromatic nitrogens is 2. The summed E-state index contributed by atoms with van der Waals surface area (Å²) in [5, 5.41) is 0.239. The van der Waals surface area contributed by atoms with Crippen LogP contribution in [0.2, 0.25) is 5.15 Å². The van der Waals surface area contributed by atoms with Gasteiger partial charge in [0.15, 0.2) is 0 Å². The molecule has 3 nitrogen and oxygen atoms in total. The maximum atomic E-state index is 11.8. The minimum absolute atomic E-state index is 0.100. The fraction of sp³-hybridized carbons (Fsp3) is 0.556. The molecule has 0 radical (unpaired) electrons. The molecular weight excluding hydrogens is 324 g/mol. The van der Waals surface area contributed by atoms with Crippen LogP contribution >= 0.6 is 27.5 Å². The van der Waals surface area contributed by atoms with Gasteiger partial charge in [-0.1, -0.05) is 11.6 Å². The maximum Gasteiger partial charge on any atom is 0.411 e. The molecule has 0 saturated carbocycles. The average molecular weight is 334 g/mol. The molecule has 0 unspecified atom stereocenters. The van der Waals surface area contributed by atoms with Gasteiger partial charge in [-0.25, -0.2) is 9.97 Å². The number of halogens is 5. The summed E-state index contributed by atoms with van der Waals surface area (Å²) in [6.07, 6.45) is -4.13. The van der Waals surface area contributed by atoms with Gasteiger partial charge in [0.05, 0.1) is 16.8 Å². The average Bonchev–Trinajstić information content (AvgIpc) is 2.19. The van der Waals surface area contributed by atoms with Crippen LogP contribution < -0.4 is 0 Å². The number of alkyl halides is 3. The first-order chi connectivity index (χ1) is 7.79. The van der Waals surface area contributed by atoms with E-state index in [0.717, 1.165) is 0 Å². The second-order valence-electron chi connectivity index (χ2n) is 3.25. The van der Waals surface area contributed by atoms with E-state index in [9.17, 15) is 13.2 Å². The Hall–Kier alpha value is -0.400. The van der Waals surface area contributed by atoms with Crippen molar-refractivity contribution in [3.05, 3.63) is 21.1 Å². The lowest BCUT2D eigenvalue weighted by molar-refractivity contribution is -0.173. The number of nitrogens with zero attached hydrogens (tertiary/aromatic N) is 2. The Kier molecular flexibility index (Phi) is 5.15. The molecular formula is C9H9BrClF3N2O. The first kappa shape index (κ1) is 14.7. The van der Waals surface area contributed by atoms with Gasteiger partial charge in [-0.2, -0.15) is 13.2 Å². The molecule has 1 aromatic heterocycles. The van der Waals surface area contributed by atoms with Crippen molar-refractivity contribution < 1.29 is 17.9 Å². The highest BCUT2D eigenvalue weighted by molar-refractivity contribution is 9.10. The summed E-state index contributed by atoms with van der Waals surface area (Å²) in [6, 6.07) is 0. The van der Waals surface area contributed by atoms with Crippen LogP contribution in [-0.2, 0) is 11.2 Å². The van der Waals surface area contributed by atoms with Gasteiger partial charge in [-0.15, -0.1) is 0 Å². The second-order valence-corrected chi connectivity index (χ2v) is 4.40. The molecule has 0 saturated heterocycles. The van der Waals surface area contributed by atoms with Crippen molar-refractivity contribution in [2.45, 2.75) is 19.5 Å². The van der Waals surface area contributed by atoms with Crippen LogP contribution in [0, 0.1) is 6.92 Å². The quantitative estimate of drug-likeness (QED) is 0.626. The topological polar surface area (TPSA) is 35.0 Å². The normalized spacial score (nSPS) is 11.9. The van der Waals surface area contributed by atoms with Crippen molar-refractivity contribution in [3.63, 3.8) is 0 Å². The minimum Gasteiger partial charge on any atom is -0.372 e. The Balaban J connectivity index is 2.48. The Morgan fingerprint density at radius 1 is 1.35 bits per heavy atom. The SMILES string of the molecule is Cc1nc(CCOCC(F)(F)F)nc(Cl)c1Br. The van der Waals surface area contributed by atoms with Gasteiger partial charge >= 0.3 is 6.18 Å². The molecule has 1 heterocycles. The highest BCUT2D eigenvalue weighted by Gasteiger charge is 2.27. The van der Waals surface area contributed by atoms with E-state index in [2.05, 4.69) is 30.6 Å². The van der Waals surface area contributed by atoms with Crippen molar-refractivity contribution in [2.75, 3.05) is 13.2 Å². The second kappa shape index (κ2) is 5.97. The Morgan fingerprint density at radius 2 is 2.00 bits per heavy atom. The van der Waals surface area contributed by atoms with Gasteiger partial charge in [-0.3, -0.25) is 0 Å². The molecule has 0 fully saturated rings. The summed E-state index contributed by atoms with van der Waals surface area (Å²) in [7, 11) is 0. The van der Waals surface area contributed by atoms with Crippen LogP contribution in [-0.4, -0.2) is 29.4 Å². The fourth-order valence-corrected chi connectivity index (χ4v) is 1.45. The van der Waals surface area contributed by atoms with Gasteiger partial charge in [-0.05, 0) is 22.9 Å². The molecule has 0 atom stereocenters. The van der Waals surface area contributed by atoms with Crippen molar-refractivity contribution in [1.82, 2.24) is 9.97 Å². The van der Waals surface area contributed by atoms with Gasteiger partial charge < -0.3 is 4.74 Å². The molecule has 0 aliphatic heterocycles. The van der Waals surface area contributed by atoms with Crippen LogP contribution in [0.25, 0.3) is 0 Å². The van der Waals surface area contributed by atoms with E-state index in [-0.39, 0.29) is 18.2 Å². The first-order valence-electron chi connectivity index (χ1n) is 4.62. The molecule has 0 aromatic carbocycles. The van der Waals surface area contributed by atoms with Crippen LogP contribution in [0.15, 0.2) is 4.47 Å². The smallest absolute Gasteiger partial charge is 0.372 e. The number of ether oxygens (including phenoxy) is 1. The number of aryl methyl sites for hydroxylation is 1. The van der Waals surface area contributed by atoms with Crippen LogP contribution in [0.1, 0.15) is 11.5 Å². The summed E-state index contributed by atoms with van der Waals surface area (Å²) in [5.74, 6) is 0.359. The lowest BCUT2D eigenvalue weighted by atomic mass is 10.4. The summed E-state index contributed by atoms with van der Waals surface area (Å²) in [6.45, 7) is 0.352. The zero-order chi connectivity index (χ0) is 13.1. The zero-order valence-electron chi connectivity index (χ0n) is 8.81. The molecule has 0 aliphatic rings. The van der Waals surface area contributed by atoms with Crippen LogP contribution in [0.4, 0.5) is 13.2 Å². The largest absolute Gasteiger partial charge is 0.411 e. The van der Waals surface area contributed by atoms with E-state index in [1.165, 1.54) is 0 Å². The minimum atomic E-state index is -4.31. The zero-order valence-corrected chi connectivity index (χ0v) is 11.2. The van der Waals surface area contributed by atoms with Crippen molar-refractivity contribution >= 4 is 27.5 Å². The van der Waals surface area contributed by atoms with Gasteiger partial charge in [0.1, 0.15) is 17.6 Å². The Bertz CT molecular complexity index is 377. The monoisotopic (exact) mass is 332 g/mol. The number of hydrogen-bond acceptors (Lipinski definition) is 3. The molecule has 0 aliphatic carbocycles.